The number of nitrogens with one attached hydrogen (secondary N) is 1. The van der Waals surface area contributed by atoms with Crippen LogP contribution in [0.5, 0.6) is 5.75 Å². The SMILES string of the molecule is CC.CC(=O)C1CC1c1ccc(ON)c(CCc2ccccc2)c1.N=CN. The van der Waals surface area contributed by atoms with Gasteiger partial charge in [-0.1, -0.05) is 56.3 Å². The largest absolute Gasteiger partial charge is 0.411 e. The third-order valence-corrected chi connectivity index (χ3v) is 4.48. The highest BCUT2D eigenvalue weighted by Gasteiger charge is 2.41. The van der Waals surface area contributed by atoms with Crippen molar-refractivity contribution in [2.24, 2.45) is 17.5 Å². The summed E-state index contributed by atoms with van der Waals surface area (Å²) in [4.78, 5) is 16.5. The number of rotatable bonds is 6. The second-order valence-electron chi connectivity index (χ2n) is 6.20. The van der Waals surface area contributed by atoms with Gasteiger partial charge in [-0.25, -0.2) is 0 Å². The lowest BCUT2D eigenvalue weighted by Gasteiger charge is -2.10. The van der Waals surface area contributed by atoms with E-state index in [4.69, 9.17) is 16.1 Å². The van der Waals surface area contributed by atoms with Gasteiger partial charge in [0.1, 0.15) is 11.5 Å². The molecule has 0 spiro atoms. The minimum atomic E-state index is 0.201. The lowest BCUT2D eigenvalue weighted by atomic mass is 9.99. The molecule has 27 heavy (non-hydrogen) atoms. The molecule has 2 aromatic rings. The first-order chi connectivity index (χ1) is 13.1. The van der Waals surface area contributed by atoms with Crippen LogP contribution in [-0.4, -0.2) is 12.1 Å². The van der Waals surface area contributed by atoms with E-state index in [2.05, 4.69) is 23.9 Å². The lowest BCUT2D eigenvalue weighted by Crippen LogP contribution is -2.06. The normalized spacial score (nSPS) is 16.7. The Balaban J connectivity index is 0.000000665. The van der Waals surface area contributed by atoms with Gasteiger partial charge in [-0.2, -0.15) is 5.90 Å². The van der Waals surface area contributed by atoms with Gasteiger partial charge in [-0.15, -0.1) is 0 Å². The van der Waals surface area contributed by atoms with Crippen molar-refractivity contribution in [3.05, 3.63) is 65.2 Å². The molecule has 5 nitrogen and oxygen atoms in total. The highest BCUT2D eigenvalue weighted by Crippen LogP contribution is 2.48. The van der Waals surface area contributed by atoms with Crippen LogP contribution in [0.15, 0.2) is 48.5 Å². The lowest BCUT2D eigenvalue weighted by molar-refractivity contribution is -0.118. The molecular weight excluding hydrogens is 338 g/mol. The van der Waals surface area contributed by atoms with Gasteiger partial charge < -0.3 is 10.6 Å². The average molecular weight is 370 g/mol. The molecule has 2 aromatic carbocycles. The third-order valence-electron chi connectivity index (χ3n) is 4.48. The van der Waals surface area contributed by atoms with Crippen molar-refractivity contribution in [2.75, 3.05) is 0 Å². The maximum Gasteiger partial charge on any atom is 0.150 e. The van der Waals surface area contributed by atoms with Gasteiger partial charge in [-0.05, 0) is 54.9 Å². The number of aryl methyl sites for hydroxylation is 2. The quantitative estimate of drug-likeness (QED) is 0.407. The van der Waals surface area contributed by atoms with E-state index in [0.717, 1.165) is 36.9 Å². The molecule has 1 aliphatic carbocycles. The molecule has 0 aromatic heterocycles. The van der Waals surface area contributed by atoms with Crippen molar-refractivity contribution in [1.29, 1.82) is 5.41 Å². The number of hydrogen-bond donors (Lipinski definition) is 3. The summed E-state index contributed by atoms with van der Waals surface area (Å²) in [6.45, 7) is 5.68. The van der Waals surface area contributed by atoms with Crippen LogP contribution >= 0.6 is 0 Å². The smallest absolute Gasteiger partial charge is 0.150 e. The molecule has 3 rings (SSSR count). The van der Waals surface area contributed by atoms with Gasteiger partial charge in [0.15, 0.2) is 0 Å². The molecule has 0 radical (unpaired) electrons. The molecule has 0 bridgehead atoms. The number of carbonyl (C=O) groups is 1. The molecule has 0 heterocycles. The molecule has 2 atom stereocenters. The molecule has 5 N–H and O–H groups in total. The first kappa shape index (κ1) is 22.4. The van der Waals surface area contributed by atoms with Crippen LogP contribution in [0.1, 0.15) is 49.8 Å². The van der Waals surface area contributed by atoms with Crippen molar-refractivity contribution in [2.45, 2.75) is 46.0 Å². The highest BCUT2D eigenvalue weighted by atomic mass is 16.6. The van der Waals surface area contributed by atoms with Crippen LogP contribution in [0.4, 0.5) is 0 Å². The Morgan fingerprint density at radius 1 is 1.19 bits per heavy atom. The Morgan fingerprint density at radius 3 is 2.33 bits per heavy atom. The van der Waals surface area contributed by atoms with Gasteiger partial charge in [0.25, 0.3) is 0 Å². The zero-order valence-electron chi connectivity index (χ0n) is 16.4. The zero-order valence-corrected chi connectivity index (χ0v) is 16.4. The molecule has 1 fully saturated rings. The van der Waals surface area contributed by atoms with Crippen LogP contribution in [0.25, 0.3) is 0 Å². The topological polar surface area (TPSA) is 102 Å². The van der Waals surface area contributed by atoms with E-state index in [1.54, 1.807) is 6.92 Å². The second-order valence-corrected chi connectivity index (χ2v) is 6.20. The fraction of sp³-hybridized carbons (Fsp3) is 0.364. The Labute approximate surface area is 162 Å². The van der Waals surface area contributed by atoms with Crippen molar-refractivity contribution < 1.29 is 9.63 Å². The van der Waals surface area contributed by atoms with E-state index in [1.165, 1.54) is 11.1 Å². The van der Waals surface area contributed by atoms with Crippen LogP contribution in [0.3, 0.4) is 0 Å². The van der Waals surface area contributed by atoms with Gasteiger partial charge >= 0.3 is 0 Å². The summed E-state index contributed by atoms with van der Waals surface area (Å²) in [5, 5.41) is 5.86. The molecule has 0 saturated heterocycles. The fourth-order valence-electron chi connectivity index (χ4n) is 3.08. The fourth-order valence-corrected chi connectivity index (χ4v) is 3.08. The number of ketones is 1. The van der Waals surface area contributed by atoms with Gasteiger partial charge in [0.05, 0.1) is 6.34 Å². The summed E-state index contributed by atoms with van der Waals surface area (Å²) in [5.74, 6) is 6.97. The summed E-state index contributed by atoms with van der Waals surface area (Å²) in [7, 11) is 0. The van der Waals surface area contributed by atoms with Gasteiger partial charge in [0.2, 0.25) is 0 Å². The summed E-state index contributed by atoms with van der Waals surface area (Å²) in [6.07, 6.45) is 3.54. The molecule has 0 amide bonds. The molecule has 2 unspecified atom stereocenters. The number of hydrogen-bond acceptors (Lipinski definition) is 4. The number of Topliss-reactive ketones (excluding diaryl/α,β-unsaturated/α-hetero) is 1. The van der Waals surface area contributed by atoms with E-state index in [0.29, 0.717) is 5.92 Å². The van der Waals surface area contributed by atoms with Crippen LogP contribution in [0.2, 0.25) is 0 Å². The van der Waals surface area contributed by atoms with Crippen molar-refractivity contribution in [3.63, 3.8) is 0 Å². The molecule has 1 saturated carbocycles. The van der Waals surface area contributed by atoms with Crippen molar-refractivity contribution in [3.8, 4) is 5.75 Å². The Kier molecular flexibility index (Phi) is 9.83. The second kappa shape index (κ2) is 11.9. The van der Waals surface area contributed by atoms with Gasteiger partial charge in [-0.3, -0.25) is 10.2 Å². The van der Waals surface area contributed by atoms with E-state index in [-0.39, 0.29) is 11.7 Å². The maximum atomic E-state index is 11.5. The molecule has 5 heteroatoms. The Hall–Kier alpha value is -2.66. The summed E-state index contributed by atoms with van der Waals surface area (Å²) < 4.78 is 0. The molecular formula is C22H31N3O2. The first-order valence-electron chi connectivity index (χ1n) is 9.35. The average Bonchev–Trinajstić information content (AvgIpc) is 3.50. The Bertz CT molecular complexity index is 717. The number of carbonyl (C=O) groups excluding carboxylic acids is 1. The van der Waals surface area contributed by atoms with Crippen molar-refractivity contribution >= 4 is 12.1 Å². The van der Waals surface area contributed by atoms with E-state index < -0.39 is 0 Å². The van der Waals surface area contributed by atoms with E-state index in [9.17, 15) is 4.79 Å². The summed E-state index contributed by atoms with van der Waals surface area (Å²) >= 11 is 0. The van der Waals surface area contributed by atoms with Crippen LogP contribution < -0.4 is 16.5 Å². The molecule has 1 aliphatic rings. The zero-order chi connectivity index (χ0) is 20.2. The Morgan fingerprint density at radius 2 is 1.81 bits per heavy atom. The van der Waals surface area contributed by atoms with Gasteiger partial charge in [0, 0.05) is 5.92 Å². The summed E-state index contributed by atoms with van der Waals surface area (Å²) in [6, 6.07) is 16.5. The minimum absolute atomic E-state index is 0.201. The third kappa shape index (κ3) is 6.87. The minimum Gasteiger partial charge on any atom is -0.411 e. The summed E-state index contributed by atoms with van der Waals surface area (Å²) in [5.41, 5.74) is 8.02. The monoisotopic (exact) mass is 369 g/mol. The predicted molar refractivity (Wildman–Crippen MR) is 111 cm³/mol. The van der Waals surface area contributed by atoms with Crippen LogP contribution in [-0.2, 0) is 17.6 Å². The molecule has 0 aliphatic heterocycles. The maximum absolute atomic E-state index is 11.5. The van der Waals surface area contributed by atoms with E-state index >= 15 is 0 Å². The molecule has 146 valence electrons. The number of nitrogens with two attached hydrogens (primary N) is 2. The van der Waals surface area contributed by atoms with E-state index in [1.807, 2.05) is 44.2 Å². The standard InChI is InChI=1S/C19H21NO2.C2H6.CH4N2/c1-13(21)17-12-18(17)15-9-10-19(22-20)16(11-15)8-7-14-5-3-2-4-6-14;1-2;2-1-3/h2-6,9-11,17-18H,7-8,12,20H2,1H3;1-2H3;1H,(H3,2,3). The number of benzene rings is 2. The van der Waals surface area contributed by atoms with Crippen LogP contribution in [0, 0.1) is 11.3 Å². The first-order valence-corrected chi connectivity index (χ1v) is 9.35. The highest BCUT2D eigenvalue weighted by molar-refractivity contribution is 5.82. The van der Waals surface area contributed by atoms with Crippen molar-refractivity contribution in [1.82, 2.24) is 0 Å². The predicted octanol–water partition coefficient (Wildman–Crippen LogP) is 4.00.